The number of methoxy groups -OCH3 is 1. The van der Waals surface area contributed by atoms with Crippen LogP contribution >= 0.6 is 23.2 Å². The summed E-state index contributed by atoms with van der Waals surface area (Å²) in [5, 5.41) is 7.84. The van der Waals surface area contributed by atoms with Gasteiger partial charge in [-0.2, -0.15) is 0 Å². The van der Waals surface area contributed by atoms with E-state index in [0.29, 0.717) is 33.0 Å². The highest BCUT2D eigenvalue weighted by Crippen LogP contribution is 2.50. The second-order valence-electron chi connectivity index (χ2n) is 8.80. The predicted molar refractivity (Wildman–Crippen MR) is 144 cm³/mol. The van der Waals surface area contributed by atoms with Gasteiger partial charge in [-0.3, -0.25) is 0 Å². The fraction of sp³-hybridized carbons (Fsp3) is 0.0690. The summed E-state index contributed by atoms with van der Waals surface area (Å²) in [4.78, 5) is 9.58. The third-order valence-electron chi connectivity index (χ3n) is 6.72. The van der Waals surface area contributed by atoms with Gasteiger partial charge in [0.25, 0.3) is 0 Å². The first kappa shape index (κ1) is 22.1. The van der Waals surface area contributed by atoms with E-state index in [1.807, 2.05) is 30.3 Å². The molecule has 8 heteroatoms. The molecule has 2 aromatic heterocycles. The van der Waals surface area contributed by atoms with E-state index in [2.05, 4.69) is 46.5 Å². The Morgan fingerprint density at radius 3 is 2.59 bits per heavy atom. The molecule has 4 aromatic carbocycles. The van der Waals surface area contributed by atoms with Crippen molar-refractivity contribution in [3.05, 3.63) is 112 Å². The highest BCUT2D eigenvalue weighted by atomic mass is 35.5. The van der Waals surface area contributed by atoms with E-state index >= 15 is 0 Å². The van der Waals surface area contributed by atoms with Crippen LogP contribution in [-0.4, -0.2) is 26.7 Å². The van der Waals surface area contributed by atoms with Crippen molar-refractivity contribution in [3.8, 4) is 28.8 Å². The molecule has 0 aliphatic carbocycles. The van der Waals surface area contributed by atoms with Gasteiger partial charge in [-0.25, -0.2) is 14.5 Å². The van der Waals surface area contributed by atoms with Gasteiger partial charge in [-0.1, -0.05) is 71.7 Å². The second kappa shape index (κ2) is 8.47. The zero-order valence-corrected chi connectivity index (χ0v) is 21.0. The van der Waals surface area contributed by atoms with Crippen LogP contribution in [-0.2, 0) is 0 Å². The van der Waals surface area contributed by atoms with Crippen molar-refractivity contribution in [2.45, 2.75) is 5.92 Å². The van der Waals surface area contributed by atoms with Crippen LogP contribution in [0.15, 0.2) is 85.2 Å². The van der Waals surface area contributed by atoms with Gasteiger partial charge in [0.2, 0.25) is 5.88 Å². The number of rotatable bonds is 3. The first-order valence-electron chi connectivity index (χ1n) is 11.6. The molecular formula is C29H18Cl2N4O2. The van der Waals surface area contributed by atoms with E-state index in [1.54, 1.807) is 30.1 Å². The fourth-order valence-electron chi connectivity index (χ4n) is 4.97. The van der Waals surface area contributed by atoms with Crippen LogP contribution in [0, 0.1) is 0 Å². The Bertz CT molecular complexity index is 1830. The van der Waals surface area contributed by atoms with Crippen molar-refractivity contribution in [2.24, 2.45) is 0 Å². The largest absolute Gasteiger partial charge is 0.497 e. The maximum Gasteiger partial charge on any atom is 0.228 e. The molecule has 0 spiro atoms. The molecule has 0 radical (unpaired) electrons. The predicted octanol–water partition coefficient (Wildman–Crippen LogP) is 7.55. The van der Waals surface area contributed by atoms with Crippen molar-refractivity contribution in [1.29, 1.82) is 0 Å². The summed E-state index contributed by atoms with van der Waals surface area (Å²) in [6.07, 6.45) is 1.62. The van der Waals surface area contributed by atoms with Gasteiger partial charge in [0.1, 0.15) is 17.8 Å². The maximum atomic E-state index is 6.49. The van der Waals surface area contributed by atoms with Crippen molar-refractivity contribution >= 4 is 39.6 Å². The summed E-state index contributed by atoms with van der Waals surface area (Å²) in [7, 11) is 1.66. The molecular weight excluding hydrogens is 507 g/mol. The first-order chi connectivity index (χ1) is 18.1. The summed E-state index contributed by atoms with van der Waals surface area (Å²) in [5.41, 5.74) is 4.25. The standard InChI is InChI=1S/C29H18Cl2N4O2/c1-36-19-10-6-17(7-11-19)24-22-12-8-16-4-2-3-5-20(16)26(22)37-29-25(24)28-33-27(34-35(28)15-32-29)21-13-9-18(30)14-23(21)31/h2-15,24H,1H3/t24-/m1/s1. The molecule has 6 nitrogen and oxygen atoms in total. The topological polar surface area (TPSA) is 61.5 Å². The molecule has 0 amide bonds. The van der Waals surface area contributed by atoms with Gasteiger partial charge in [-0.15, -0.1) is 5.10 Å². The Morgan fingerprint density at radius 2 is 1.78 bits per heavy atom. The minimum absolute atomic E-state index is 0.191. The molecule has 0 saturated carbocycles. The van der Waals surface area contributed by atoms with E-state index < -0.39 is 0 Å². The number of hydrogen-bond acceptors (Lipinski definition) is 5. The molecule has 180 valence electrons. The van der Waals surface area contributed by atoms with E-state index in [0.717, 1.165) is 39.0 Å². The van der Waals surface area contributed by atoms with Gasteiger partial charge in [0.05, 0.1) is 17.7 Å². The minimum atomic E-state index is -0.191. The van der Waals surface area contributed by atoms with E-state index in [1.165, 1.54) is 0 Å². The van der Waals surface area contributed by atoms with Crippen LogP contribution in [0.5, 0.6) is 17.4 Å². The molecule has 1 atom stereocenters. The lowest BCUT2D eigenvalue weighted by Crippen LogP contribution is -2.15. The smallest absolute Gasteiger partial charge is 0.228 e. The summed E-state index contributed by atoms with van der Waals surface area (Å²) in [6.45, 7) is 0. The number of fused-ring (bicyclic) bond motifs is 6. The molecule has 1 aliphatic heterocycles. The lowest BCUT2D eigenvalue weighted by Gasteiger charge is -2.28. The Morgan fingerprint density at radius 1 is 0.946 bits per heavy atom. The Labute approximate surface area is 222 Å². The zero-order valence-electron chi connectivity index (χ0n) is 19.5. The molecule has 0 saturated heterocycles. The Kier molecular flexibility index (Phi) is 5.06. The Balaban J connectivity index is 1.49. The summed E-state index contributed by atoms with van der Waals surface area (Å²) in [6, 6.07) is 25.7. The molecule has 7 rings (SSSR count). The second-order valence-corrected chi connectivity index (χ2v) is 9.65. The molecule has 6 aromatic rings. The van der Waals surface area contributed by atoms with Crippen molar-refractivity contribution in [2.75, 3.05) is 7.11 Å². The quantitative estimate of drug-likeness (QED) is 0.239. The van der Waals surface area contributed by atoms with Gasteiger partial charge in [0, 0.05) is 27.5 Å². The van der Waals surface area contributed by atoms with Crippen molar-refractivity contribution in [3.63, 3.8) is 0 Å². The zero-order chi connectivity index (χ0) is 25.1. The van der Waals surface area contributed by atoms with E-state index in [-0.39, 0.29) is 5.92 Å². The Hall–Kier alpha value is -4.13. The normalized spacial score (nSPS) is 14.3. The van der Waals surface area contributed by atoms with Crippen molar-refractivity contribution in [1.82, 2.24) is 19.6 Å². The molecule has 0 N–H and O–H groups in total. The fourth-order valence-corrected chi connectivity index (χ4v) is 5.47. The molecule has 3 heterocycles. The van der Waals surface area contributed by atoms with Gasteiger partial charge < -0.3 is 9.47 Å². The van der Waals surface area contributed by atoms with Crippen molar-refractivity contribution < 1.29 is 9.47 Å². The number of nitrogens with zero attached hydrogens (tertiary/aromatic N) is 4. The minimum Gasteiger partial charge on any atom is -0.497 e. The monoisotopic (exact) mass is 524 g/mol. The SMILES string of the molecule is COc1ccc([C@@H]2c3ccc4ccccc4c3Oc3ncn4nc(-c5ccc(Cl)cc5Cl)nc4c32)cc1. The first-order valence-corrected chi connectivity index (χ1v) is 12.4. The van der Waals surface area contributed by atoms with Gasteiger partial charge in [0.15, 0.2) is 11.5 Å². The molecule has 0 bridgehead atoms. The maximum absolute atomic E-state index is 6.49. The van der Waals surface area contributed by atoms with Crippen LogP contribution in [0.25, 0.3) is 27.8 Å². The summed E-state index contributed by atoms with van der Waals surface area (Å²) < 4.78 is 13.6. The van der Waals surface area contributed by atoms with E-state index in [4.69, 9.17) is 37.7 Å². The number of hydrogen-bond donors (Lipinski definition) is 0. The average Bonchev–Trinajstić information content (AvgIpc) is 3.36. The van der Waals surface area contributed by atoms with E-state index in [9.17, 15) is 0 Å². The van der Waals surface area contributed by atoms with Crippen LogP contribution in [0.4, 0.5) is 0 Å². The summed E-state index contributed by atoms with van der Waals surface area (Å²) >= 11 is 12.6. The highest BCUT2D eigenvalue weighted by molar-refractivity contribution is 6.36. The number of ether oxygens (including phenoxy) is 2. The van der Waals surface area contributed by atoms with Crippen LogP contribution < -0.4 is 9.47 Å². The summed E-state index contributed by atoms with van der Waals surface area (Å²) in [5.74, 6) is 2.37. The molecule has 0 fully saturated rings. The highest BCUT2D eigenvalue weighted by Gasteiger charge is 2.34. The number of aromatic nitrogens is 4. The molecule has 1 aliphatic rings. The van der Waals surface area contributed by atoms with Crippen LogP contribution in [0.2, 0.25) is 10.0 Å². The van der Waals surface area contributed by atoms with Gasteiger partial charge >= 0.3 is 0 Å². The lowest BCUT2D eigenvalue weighted by molar-refractivity contribution is 0.414. The van der Waals surface area contributed by atoms with Crippen LogP contribution in [0.1, 0.15) is 22.6 Å². The van der Waals surface area contributed by atoms with Gasteiger partial charge in [-0.05, 0) is 41.3 Å². The number of benzene rings is 4. The number of halogens is 2. The third-order valence-corrected chi connectivity index (χ3v) is 7.26. The lowest BCUT2D eigenvalue weighted by atomic mass is 9.83. The third kappa shape index (κ3) is 3.52. The average molecular weight is 525 g/mol. The van der Waals surface area contributed by atoms with Crippen LogP contribution in [0.3, 0.4) is 0 Å². The molecule has 0 unspecified atom stereocenters. The molecule has 37 heavy (non-hydrogen) atoms.